The maximum Gasteiger partial charge on any atom is 0.0410 e. The molecule has 1 aromatic heterocycles. The minimum absolute atomic E-state index is 0.516. The highest BCUT2D eigenvalue weighted by atomic mass is 32.1. The van der Waals surface area contributed by atoms with Gasteiger partial charge in [-0.05, 0) is 52.0 Å². The van der Waals surface area contributed by atoms with Crippen LogP contribution in [0.2, 0.25) is 0 Å². The fourth-order valence-corrected chi connectivity index (χ4v) is 2.63. The highest BCUT2D eigenvalue weighted by Crippen LogP contribution is 2.26. The van der Waals surface area contributed by atoms with Crippen molar-refractivity contribution < 1.29 is 0 Å². The molecule has 2 nitrogen and oxygen atoms in total. The molecule has 3 heteroatoms. The highest BCUT2D eigenvalue weighted by molar-refractivity contribution is 7.12. The Hall–Kier alpha value is -0.380. The molecule has 0 aliphatic rings. The Bertz CT molecular complexity index is 283. The van der Waals surface area contributed by atoms with Gasteiger partial charge in [0.15, 0.2) is 0 Å². The smallest absolute Gasteiger partial charge is 0.0410 e. The molecule has 1 heterocycles. The van der Waals surface area contributed by atoms with E-state index in [-0.39, 0.29) is 0 Å². The minimum Gasteiger partial charge on any atom is -0.330 e. The third kappa shape index (κ3) is 3.59. The summed E-state index contributed by atoms with van der Waals surface area (Å²) in [5.74, 6) is 0. The quantitative estimate of drug-likeness (QED) is 0.808. The maximum atomic E-state index is 5.52. The van der Waals surface area contributed by atoms with E-state index < -0.39 is 0 Å². The number of nitrogens with two attached hydrogens (primary N) is 1. The molecule has 1 aromatic rings. The highest BCUT2D eigenvalue weighted by Gasteiger charge is 2.12. The topological polar surface area (TPSA) is 29.3 Å². The van der Waals surface area contributed by atoms with Gasteiger partial charge in [0, 0.05) is 15.8 Å². The van der Waals surface area contributed by atoms with Crippen molar-refractivity contribution in [2.75, 3.05) is 20.1 Å². The lowest BCUT2D eigenvalue weighted by Crippen LogP contribution is -2.24. The number of aryl methyl sites for hydroxylation is 1. The van der Waals surface area contributed by atoms with Gasteiger partial charge in [0.2, 0.25) is 0 Å². The molecule has 0 aliphatic heterocycles. The molecule has 0 radical (unpaired) electrons. The molecule has 15 heavy (non-hydrogen) atoms. The molecule has 0 aliphatic carbocycles. The first-order chi connectivity index (χ1) is 7.19. The summed E-state index contributed by atoms with van der Waals surface area (Å²) < 4.78 is 0. The Labute approximate surface area is 97.1 Å². The Morgan fingerprint density at radius 1 is 1.47 bits per heavy atom. The molecule has 0 aromatic carbocycles. The number of hydrogen-bond acceptors (Lipinski definition) is 3. The van der Waals surface area contributed by atoms with E-state index in [2.05, 4.69) is 37.9 Å². The van der Waals surface area contributed by atoms with Crippen molar-refractivity contribution in [3.63, 3.8) is 0 Å². The summed E-state index contributed by atoms with van der Waals surface area (Å²) in [5.41, 5.74) is 5.52. The molecule has 1 unspecified atom stereocenters. The molecule has 86 valence electrons. The molecule has 0 bridgehead atoms. The van der Waals surface area contributed by atoms with Gasteiger partial charge in [-0.25, -0.2) is 0 Å². The Balaban J connectivity index is 2.54. The predicted octanol–water partition coefficient (Wildman–Crippen LogP) is 2.65. The van der Waals surface area contributed by atoms with E-state index >= 15 is 0 Å². The van der Waals surface area contributed by atoms with Crippen molar-refractivity contribution in [3.05, 3.63) is 21.9 Å². The van der Waals surface area contributed by atoms with E-state index in [9.17, 15) is 0 Å². The van der Waals surface area contributed by atoms with Gasteiger partial charge in [-0.15, -0.1) is 11.3 Å². The van der Waals surface area contributed by atoms with E-state index in [1.54, 1.807) is 0 Å². The van der Waals surface area contributed by atoms with Crippen molar-refractivity contribution in [1.82, 2.24) is 4.90 Å². The molecule has 0 saturated carbocycles. The van der Waals surface area contributed by atoms with E-state index in [1.807, 2.05) is 11.3 Å². The molecule has 0 fully saturated rings. The normalized spacial score (nSPS) is 13.4. The minimum atomic E-state index is 0.516. The zero-order valence-corrected chi connectivity index (χ0v) is 10.8. The molecule has 1 rings (SSSR count). The van der Waals surface area contributed by atoms with Crippen molar-refractivity contribution >= 4 is 11.3 Å². The first kappa shape index (κ1) is 12.7. The molecule has 0 amide bonds. The second kappa shape index (κ2) is 6.26. The standard InChI is InChI=1S/C12H22N2S/c1-4-11-6-7-12(15-11)10(2)14(3)9-5-8-13/h6-7,10H,4-5,8-9,13H2,1-3H3. The molecule has 0 spiro atoms. The van der Waals surface area contributed by atoms with Crippen LogP contribution in [0.5, 0.6) is 0 Å². The van der Waals surface area contributed by atoms with Crippen LogP contribution in [0.25, 0.3) is 0 Å². The number of thiophene rings is 1. The Morgan fingerprint density at radius 2 is 2.20 bits per heavy atom. The summed E-state index contributed by atoms with van der Waals surface area (Å²) in [7, 11) is 2.17. The van der Waals surface area contributed by atoms with Crippen LogP contribution in [-0.4, -0.2) is 25.0 Å². The second-order valence-electron chi connectivity index (χ2n) is 3.96. The van der Waals surface area contributed by atoms with Crippen LogP contribution < -0.4 is 5.73 Å². The van der Waals surface area contributed by atoms with E-state index in [1.165, 1.54) is 9.75 Å². The third-order valence-corrected chi connectivity index (χ3v) is 4.22. The first-order valence-electron chi connectivity index (χ1n) is 5.68. The van der Waals surface area contributed by atoms with Gasteiger partial charge in [0.25, 0.3) is 0 Å². The second-order valence-corrected chi connectivity index (χ2v) is 5.16. The summed E-state index contributed by atoms with van der Waals surface area (Å²) in [4.78, 5) is 5.31. The van der Waals surface area contributed by atoms with Crippen molar-refractivity contribution in [1.29, 1.82) is 0 Å². The average Bonchev–Trinajstić information content (AvgIpc) is 2.73. The van der Waals surface area contributed by atoms with Gasteiger partial charge in [-0.1, -0.05) is 6.92 Å². The predicted molar refractivity (Wildman–Crippen MR) is 68.4 cm³/mol. The SMILES string of the molecule is CCc1ccc(C(C)N(C)CCCN)s1. The fraction of sp³-hybridized carbons (Fsp3) is 0.667. The van der Waals surface area contributed by atoms with Gasteiger partial charge in [0.1, 0.15) is 0 Å². The Morgan fingerprint density at radius 3 is 2.73 bits per heavy atom. The summed E-state index contributed by atoms with van der Waals surface area (Å²) in [6, 6.07) is 5.02. The van der Waals surface area contributed by atoms with E-state index in [0.29, 0.717) is 6.04 Å². The lowest BCUT2D eigenvalue weighted by molar-refractivity contribution is 0.263. The number of nitrogens with zero attached hydrogens (tertiary/aromatic N) is 1. The zero-order valence-electron chi connectivity index (χ0n) is 9.99. The molecule has 0 saturated heterocycles. The van der Waals surface area contributed by atoms with E-state index in [0.717, 1.165) is 25.9 Å². The van der Waals surface area contributed by atoms with Crippen molar-refractivity contribution in [2.24, 2.45) is 5.73 Å². The van der Waals surface area contributed by atoms with Crippen LogP contribution in [0, 0.1) is 0 Å². The van der Waals surface area contributed by atoms with Crippen LogP contribution in [0.3, 0.4) is 0 Å². The summed E-state index contributed by atoms with van der Waals surface area (Å²) in [6.07, 6.45) is 2.22. The van der Waals surface area contributed by atoms with Crippen LogP contribution in [0.1, 0.15) is 36.1 Å². The van der Waals surface area contributed by atoms with Crippen molar-refractivity contribution in [2.45, 2.75) is 32.7 Å². The first-order valence-corrected chi connectivity index (χ1v) is 6.49. The van der Waals surface area contributed by atoms with Gasteiger partial charge >= 0.3 is 0 Å². The summed E-state index contributed by atoms with van der Waals surface area (Å²) in [5, 5.41) is 0. The molecule has 2 N–H and O–H groups in total. The Kier molecular flexibility index (Phi) is 5.29. The monoisotopic (exact) mass is 226 g/mol. The van der Waals surface area contributed by atoms with Crippen LogP contribution in [-0.2, 0) is 6.42 Å². The van der Waals surface area contributed by atoms with Gasteiger partial charge < -0.3 is 5.73 Å². The lowest BCUT2D eigenvalue weighted by atomic mass is 10.2. The fourth-order valence-electron chi connectivity index (χ4n) is 1.56. The number of hydrogen-bond donors (Lipinski definition) is 1. The van der Waals surface area contributed by atoms with Gasteiger partial charge in [-0.3, -0.25) is 4.90 Å². The van der Waals surface area contributed by atoms with Crippen LogP contribution >= 0.6 is 11.3 Å². The van der Waals surface area contributed by atoms with Crippen LogP contribution in [0.4, 0.5) is 0 Å². The maximum absolute atomic E-state index is 5.52. The third-order valence-electron chi connectivity index (χ3n) is 2.82. The largest absolute Gasteiger partial charge is 0.330 e. The molecule has 1 atom stereocenters. The van der Waals surface area contributed by atoms with Gasteiger partial charge in [-0.2, -0.15) is 0 Å². The molecular formula is C12H22N2S. The average molecular weight is 226 g/mol. The van der Waals surface area contributed by atoms with Crippen molar-refractivity contribution in [3.8, 4) is 0 Å². The lowest BCUT2D eigenvalue weighted by Gasteiger charge is -2.23. The number of rotatable bonds is 6. The summed E-state index contributed by atoms with van der Waals surface area (Å²) in [6.45, 7) is 6.33. The van der Waals surface area contributed by atoms with Crippen LogP contribution in [0.15, 0.2) is 12.1 Å². The van der Waals surface area contributed by atoms with Gasteiger partial charge in [0.05, 0.1) is 0 Å². The van der Waals surface area contributed by atoms with E-state index in [4.69, 9.17) is 5.73 Å². The molecular weight excluding hydrogens is 204 g/mol. The zero-order chi connectivity index (χ0) is 11.3. The summed E-state index contributed by atoms with van der Waals surface area (Å²) >= 11 is 1.93.